The van der Waals surface area contributed by atoms with Gasteiger partial charge in [0, 0.05) is 15.8 Å². The van der Waals surface area contributed by atoms with Gasteiger partial charge in [0.2, 0.25) is 0 Å². The van der Waals surface area contributed by atoms with Gasteiger partial charge in [0.25, 0.3) is 5.91 Å². The number of alkyl halides is 1. The Kier molecular flexibility index (Phi) is 6.34. The quantitative estimate of drug-likeness (QED) is 0.692. The van der Waals surface area contributed by atoms with E-state index in [-0.39, 0.29) is 17.4 Å². The van der Waals surface area contributed by atoms with E-state index in [1.807, 2.05) is 6.07 Å². The fourth-order valence-electron chi connectivity index (χ4n) is 1.74. The molecule has 0 saturated heterocycles. The minimum absolute atomic E-state index is 0.00190. The van der Waals surface area contributed by atoms with Crippen LogP contribution < -0.4 is 5.32 Å². The third-order valence-corrected chi connectivity index (χ3v) is 4.20. The third-order valence-electron chi connectivity index (χ3n) is 2.92. The monoisotopic (exact) mass is 409 g/mol. The maximum absolute atomic E-state index is 12.3. The van der Waals surface area contributed by atoms with Gasteiger partial charge in [-0.15, -0.1) is 0 Å². The molecule has 0 aliphatic carbocycles. The summed E-state index contributed by atoms with van der Waals surface area (Å²) in [6.45, 7) is 6.34. The van der Waals surface area contributed by atoms with Crippen LogP contribution in [-0.4, -0.2) is 17.3 Å². The first-order valence-corrected chi connectivity index (χ1v) is 8.37. The molecule has 0 radical (unpaired) electrons. The van der Waals surface area contributed by atoms with E-state index in [1.165, 1.54) is 0 Å². The minimum Gasteiger partial charge on any atom is -0.349 e. The number of rotatable bonds is 4. The molecule has 2 nitrogen and oxygen atoms in total. The molecule has 1 aromatic rings. The van der Waals surface area contributed by atoms with E-state index in [1.54, 1.807) is 12.1 Å². The van der Waals surface area contributed by atoms with Crippen LogP contribution in [0.5, 0.6) is 0 Å². The lowest BCUT2D eigenvalue weighted by molar-refractivity contribution is 0.0901. The van der Waals surface area contributed by atoms with Gasteiger partial charge in [-0.2, -0.15) is 0 Å². The number of nitrogens with one attached hydrogen (secondary N) is 1. The summed E-state index contributed by atoms with van der Waals surface area (Å²) in [5.74, 6) is -0.132. The molecular weight excluding hydrogens is 393 g/mol. The Balaban J connectivity index is 2.91. The van der Waals surface area contributed by atoms with Gasteiger partial charge in [-0.25, -0.2) is 0 Å². The second-order valence-electron chi connectivity index (χ2n) is 5.49. The summed E-state index contributed by atoms with van der Waals surface area (Å²) in [7, 11) is 0. The Morgan fingerprint density at radius 1 is 1.42 bits per heavy atom. The fraction of sp³-hybridized carbons (Fsp3) is 0.500. The number of amides is 1. The first kappa shape index (κ1) is 17.0. The zero-order chi connectivity index (χ0) is 14.6. The average molecular weight is 412 g/mol. The van der Waals surface area contributed by atoms with Crippen LogP contribution in [0.4, 0.5) is 0 Å². The van der Waals surface area contributed by atoms with Crippen molar-refractivity contribution in [3.63, 3.8) is 0 Å². The van der Waals surface area contributed by atoms with Gasteiger partial charge < -0.3 is 5.32 Å². The molecule has 1 atom stereocenters. The number of hydrogen-bond donors (Lipinski definition) is 1. The predicted molar refractivity (Wildman–Crippen MR) is 88.3 cm³/mol. The summed E-state index contributed by atoms with van der Waals surface area (Å²) in [5.41, 5.74) is 0.502. The summed E-state index contributed by atoms with van der Waals surface area (Å²) in [6.07, 6.45) is 0.876. The van der Waals surface area contributed by atoms with E-state index in [0.29, 0.717) is 10.6 Å². The van der Waals surface area contributed by atoms with Crippen molar-refractivity contribution < 1.29 is 4.79 Å². The molecule has 1 rings (SSSR count). The molecule has 0 aromatic heterocycles. The van der Waals surface area contributed by atoms with Crippen molar-refractivity contribution in [1.29, 1.82) is 0 Å². The molecule has 0 aliphatic rings. The SMILES string of the molecule is CC(C)(C)C(CCBr)NC(=O)c1cc(Br)ccc1Cl. The highest BCUT2D eigenvalue weighted by Gasteiger charge is 2.26. The number of halogens is 3. The van der Waals surface area contributed by atoms with Crippen LogP contribution in [0.2, 0.25) is 5.02 Å². The number of hydrogen-bond acceptors (Lipinski definition) is 1. The van der Waals surface area contributed by atoms with Crippen LogP contribution in [0, 0.1) is 5.41 Å². The molecule has 1 unspecified atom stereocenters. The Hall–Kier alpha value is -0.0600. The van der Waals surface area contributed by atoms with Crippen LogP contribution in [0.3, 0.4) is 0 Å². The molecule has 0 bridgehead atoms. The van der Waals surface area contributed by atoms with E-state index < -0.39 is 0 Å². The molecule has 1 aromatic carbocycles. The van der Waals surface area contributed by atoms with Crippen LogP contribution in [0.25, 0.3) is 0 Å². The fourth-order valence-corrected chi connectivity index (χ4v) is 2.76. The summed E-state index contributed by atoms with van der Waals surface area (Å²) >= 11 is 12.9. The number of benzene rings is 1. The molecule has 5 heteroatoms. The topological polar surface area (TPSA) is 29.1 Å². The van der Waals surface area contributed by atoms with Crippen molar-refractivity contribution >= 4 is 49.4 Å². The zero-order valence-corrected chi connectivity index (χ0v) is 15.2. The van der Waals surface area contributed by atoms with E-state index in [4.69, 9.17) is 11.6 Å². The average Bonchev–Trinajstić information content (AvgIpc) is 2.30. The summed E-state index contributed by atoms with van der Waals surface area (Å²) in [6, 6.07) is 5.37. The molecule has 19 heavy (non-hydrogen) atoms. The third kappa shape index (κ3) is 5.09. The highest BCUT2D eigenvalue weighted by molar-refractivity contribution is 9.10. The maximum atomic E-state index is 12.3. The first-order chi connectivity index (χ1) is 8.75. The lowest BCUT2D eigenvalue weighted by atomic mass is 9.85. The summed E-state index contributed by atoms with van der Waals surface area (Å²) in [5, 5.41) is 4.38. The normalized spacial score (nSPS) is 13.2. The molecule has 0 fully saturated rings. The molecule has 0 heterocycles. The number of carbonyl (C=O) groups excluding carboxylic acids is 1. The Morgan fingerprint density at radius 2 is 2.05 bits per heavy atom. The van der Waals surface area contributed by atoms with Gasteiger partial charge in [-0.1, -0.05) is 64.2 Å². The maximum Gasteiger partial charge on any atom is 0.253 e. The minimum atomic E-state index is -0.132. The lowest BCUT2D eigenvalue weighted by Crippen LogP contribution is -2.44. The van der Waals surface area contributed by atoms with Gasteiger partial charge in [0.15, 0.2) is 0 Å². The highest BCUT2D eigenvalue weighted by Crippen LogP contribution is 2.25. The van der Waals surface area contributed by atoms with Crippen molar-refractivity contribution in [2.45, 2.75) is 33.2 Å². The lowest BCUT2D eigenvalue weighted by Gasteiger charge is -2.31. The van der Waals surface area contributed by atoms with Gasteiger partial charge in [-0.05, 0) is 30.0 Å². The van der Waals surface area contributed by atoms with Gasteiger partial charge in [0.1, 0.15) is 0 Å². The van der Waals surface area contributed by atoms with E-state index in [0.717, 1.165) is 16.2 Å². The van der Waals surface area contributed by atoms with Crippen LogP contribution in [0.1, 0.15) is 37.6 Å². The Labute approximate surface area is 136 Å². The Bertz CT molecular complexity index is 457. The summed E-state index contributed by atoms with van der Waals surface area (Å²) in [4.78, 5) is 12.3. The molecule has 1 amide bonds. The van der Waals surface area contributed by atoms with Crippen LogP contribution in [0.15, 0.2) is 22.7 Å². The second kappa shape index (κ2) is 7.09. The molecule has 0 saturated carbocycles. The largest absolute Gasteiger partial charge is 0.349 e. The van der Waals surface area contributed by atoms with E-state index in [9.17, 15) is 4.79 Å². The molecule has 106 valence electrons. The van der Waals surface area contributed by atoms with E-state index >= 15 is 0 Å². The van der Waals surface area contributed by atoms with Gasteiger partial charge in [0.05, 0.1) is 10.6 Å². The van der Waals surface area contributed by atoms with Crippen molar-refractivity contribution in [3.05, 3.63) is 33.3 Å². The molecular formula is C14H18Br2ClNO. The Morgan fingerprint density at radius 3 is 2.58 bits per heavy atom. The molecule has 0 spiro atoms. The van der Waals surface area contributed by atoms with E-state index in [2.05, 4.69) is 57.9 Å². The van der Waals surface area contributed by atoms with Gasteiger partial charge >= 0.3 is 0 Å². The van der Waals surface area contributed by atoms with Crippen LogP contribution >= 0.6 is 43.5 Å². The van der Waals surface area contributed by atoms with Crippen LogP contribution in [-0.2, 0) is 0 Å². The zero-order valence-electron chi connectivity index (χ0n) is 11.3. The predicted octanol–water partition coefficient (Wildman–Crippen LogP) is 5.03. The second-order valence-corrected chi connectivity index (χ2v) is 7.61. The molecule has 1 N–H and O–H groups in total. The van der Waals surface area contributed by atoms with Crippen molar-refractivity contribution in [2.75, 3.05) is 5.33 Å². The number of carbonyl (C=O) groups is 1. The smallest absolute Gasteiger partial charge is 0.253 e. The van der Waals surface area contributed by atoms with Crippen molar-refractivity contribution in [2.24, 2.45) is 5.41 Å². The summed E-state index contributed by atoms with van der Waals surface area (Å²) < 4.78 is 0.842. The standard InChI is InChI=1S/C14H18Br2ClNO/c1-14(2,3)12(6-7-15)18-13(19)10-8-9(16)4-5-11(10)17/h4-5,8,12H,6-7H2,1-3H3,(H,18,19). The highest BCUT2D eigenvalue weighted by atomic mass is 79.9. The van der Waals surface area contributed by atoms with Gasteiger partial charge in [-0.3, -0.25) is 4.79 Å². The first-order valence-electron chi connectivity index (χ1n) is 6.07. The van der Waals surface area contributed by atoms with Crippen molar-refractivity contribution in [3.8, 4) is 0 Å². The van der Waals surface area contributed by atoms with Crippen molar-refractivity contribution in [1.82, 2.24) is 5.32 Å². The molecule has 0 aliphatic heterocycles.